The first kappa shape index (κ1) is 27.3. The van der Waals surface area contributed by atoms with E-state index in [0.29, 0.717) is 24.0 Å². The largest absolute Gasteiger partial charge is 0.478 e. The molecule has 5 atom stereocenters. The summed E-state index contributed by atoms with van der Waals surface area (Å²) >= 11 is 0. The minimum atomic E-state index is -1.06. The molecule has 1 aliphatic heterocycles. The molecule has 1 heterocycles. The molecule has 0 aromatic heterocycles. The van der Waals surface area contributed by atoms with Crippen LogP contribution in [0.3, 0.4) is 0 Å². The lowest BCUT2D eigenvalue weighted by Crippen LogP contribution is -2.36. The lowest BCUT2D eigenvalue weighted by atomic mass is 9.82. The minimum absolute atomic E-state index is 0.147. The van der Waals surface area contributed by atoms with Crippen LogP contribution >= 0.6 is 0 Å². The van der Waals surface area contributed by atoms with Crippen molar-refractivity contribution in [3.63, 3.8) is 0 Å². The third-order valence-corrected chi connectivity index (χ3v) is 6.98. The molecule has 0 bridgehead atoms. The van der Waals surface area contributed by atoms with Gasteiger partial charge in [-0.05, 0) is 54.0 Å². The zero-order valence-corrected chi connectivity index (χ0v) is 21.0. The van der Waals surface area contributed by atoms with Gasteiger partial charge in [0.15, 0.2) is 0 Å². The molecule has 1 aliphatic rings. The highest BCUT2D eigenvalue weighted by atomic mass is 16.6. The average molecular weight is 517 g/mol. The highest BCUT2D eigenvalue weighted by molar-refractivity contribution is 5.90. The molecule has 7 heteroatoms. The zero-order valence-electron chi connectivity index (χ0n) is 21.0. The Hall–Kier alpha value is -3.78. The first-order chi connectivity index (χ1) is 18.4. The molecule has 0 radical (unpaired) electrons. The number of aliphatic hydroxyl groups is 1. The molecule has 0 unspecified atom stereocenters. The van der Waals surface area contributed by atoms with Gasteiger partial charge in [-0.3, -0.25) is 0 Å². The number of hydrogen-bond donors (Lipinski definition) is 3. The Labute approximate surface area is 222 Å². The fraction of sp³-hybridized carbons (Fsp3) is 0.290. The standard InChI is InChI=1S/C31H32O7/c1-2-10-26-28(32)29(37-19-20-11-4-3-5-12-20)27(38-26)18-22(23-14-8-9-16-25(23)31(35)36)17-21-13-6-7-15-24(21)30(33)34/h2-9,11-16,22,26-29,32H,1,10,17-19H2,(H,33,34)(H,35,36)/t22-,26+,27-,28+,29+/m1/s1. The van der Waals surface area contributed by atoms with Crippen molar-refractivity contribution in [2.45, 2.75) is 56.2 Å². The van der Waals surface area contributed by atoms with Gasteiger partial charge in [-0.15, -0.1) is 6.58 Å². The van der Waals surface area contributed by atoms with Crippen LogP contribution in [0.25, 0.3) is 0 Å². The van der Waals surface area contributed by atoms with E-state index in [1.165, 1.54) is 0 Å². The molecule has 4 rings (SSSR count). The number of ether oxygens (including phenoxy) is 2. The molecular formula is C31H32O7. The maximum atomic E-state index is 12.1. The van der Waals surface area contributed by atoms with Crippen LogP contribution in [0.2, 0.25) is 0 Å². The number of hydrogen-bond acceptors (Lipinski definition) is 5. The van der Waals surface area contributed by atoms with Crippen molar-refractivity contribution >= 4 is 11.9 Å². The first-order valence-corrected chi connectivity index (χ1v) is 12.6. The minimum Gasteiger partial charge on any atom is -0.478 e. The van der Waals surface area contributed by atoms with Crippen LogP contribution in [-0.4, -0.2) is 51.7 Å². The average Bonchev–Trinajstić information content (AvgIpc) is 3.21. The maximum absolute atomic E-state index is 12.1. The Kier molecular flexibility index (Phi) is 9.07. The summed E-state index contributed by atoms with van der Waals surface area (Å²) in [6, 6.07) is 23.1. The molecule has 1 fully saturated rings. The van der Waals surface area contributed by atoms with Gasteiger partial charge in [0.1, 0.15) is 12.2 Å². The third-order valence-electron chi connectivity index (χ3n) is 6.98. The van der Waals surface area contributed by atoms with E-state index in [2.05, 4.69) is 6.58 Å². The van der Waals surface area contributed by atoms with Gasteiger partial charge in [-0.25, -0.2) is 9.59 Å². The lowest BCUT2D eigenvalue weighted by molar-refractivity contribution is -0.0499. The smallest absolute Gasteiger partial charge is 0.335 e. The summed E-state index contributed by atoms with van der Waals surface area (Å²) in [6.45, 7) is 4.05. The van der Waals surface area contributed by atoms with Crippen molar-refractivity contribution in [3.8, 4) is 0 Å². The molecule has 1 saturated heterocycles. The SMILES string of the molecule is C=CC[C@@H]1O[C@H](C[C@@H](Cc2ccccc2C(=O)O)c2ccccc2C(=O)O)[C@H](OCc2ccccc2)[C@H]1O. The molecule has 3 aromatic rings. The van der Waals surface area contributed by atoms with Gasteiger partial charge < -0.3 is 24.8 Å². The Morgan fingerprint density at radius 3 is 2.21 bits per heavy atom. The van der Waals surface area contributed by atoms with Crippen molar-refractivity contribution in [2.75, 3.05) is 0 Å². The summed E-state index contributed by atoms with van der Waals surface area (Å²) in [5.41, 5.74) is 2.43. The Morgan fingerprint density at radius 2 is 1.53 bits per heavy atom. The van der Waals surface area contributed by atoms with Gasteiger partial charge in [0.05, 0.1) is 29.9 Å². The van der Waals surface area contributed by atoms with Gasteiger partial charge in [-0.2, -0.15) is 0 Å². The second-order valence-corrected chi connectivity index (χ2v) is 9.48. The Bertz CT molecular complexity index is 1260. The predicted molar refractivity (Wildman–Crippen MR) is 142 cm³/mol. The first-order valence-electron chi connectivity index (χ1n) is 12.6. The van der Waals surface area contributed by atoms with E-state index >= 15 is 0 Å². The van der Waals surface area contributed by atoms with E-state index in [1.807, 2.05) is 30.3 Å². The molecule has 0 aliphatic carbocycles. The van der Waals surface area contributed by atoms with Gasteiger partial charge in [0.25, 0.3) is 0 Å². The highest BCUT2D eigenvalue weighted by Crippen LogP contribution is 2.37. The monoisotopic (exact) mass is 516 g/mol. The number of carboxylic acids is 2. The number of aliphatic hydroxyl groups excluding tert-OH is 1. The molecule has 7 nitrogen and oxygen atoms in total. The Balaban J connectivity index is 1.67. The van der Waals surface area contributed by atoms with Crippen LogP contribution in [0.15, 0.2) is 91.5 Å². The zero-order chi connectivity index (χ0) is 27.1. The number of aromatic carboxylic acids is 2. The van der Waals surface area contributed by atoms with Crippen molar-refractivity contribution in [1.82, 2.24) is 0 Å². The van der Waals surface area contributed by atoms with E-state index in [9.17, 15) is 24.9 Å². The van der Waals surface area contributed by atoms with E-state index in [-0.39, 0.29) is 24.2 Å². The molecule has 3 aromatic carbocycles. The summed E-state index contributed by atoms with van der Waals surface area (Å²) in [5, 5.41) is 30.7. The van der Waals surface area contributed by atoms with Gasteiger partial charge in [0.2, 0.25) is 0 Å². The second-order valence-electron chi connectivity index (χ2n) is 9.48. The number of carboxylic acid groups (broad SMARTS) is 2. The molecule has 198 valence electrons. The van der Waals surface area contributed by atoms with Crippen LogP contribution in [0.4, 0.5) is 0 Å². The van der Waals surface area contributed by atoms with Crippen LogP contribution in [0, 0.1) is 0 Å². The third kappa shape index (κ3) is 6.37. The quantitative estimate of drug-likeness (QED) is 0.287. The number of benzene rings is 3. The van der Waals surface area contributed by atoms with Crippen molar-refractivity contribution in [2.24, 2.45) is 0 Å². The number of carbonyl (C=O) groups is 2. The second kappa shape index (κ2) is 12.6. The van der Waals surface area contributed by atoms with Crippen LogP contribution < -0.4 is 0 Å². The molecular weight excluding hydrogens is 484 g/mol. The highest BCUT2D eigenvalue weighted by Gasteiger charge is 2.45. The lowest BCUT2D eigenvalue weighted by Gasteiger charge is -2.27. The summed E-state index contributed by atoms with van der Waals surface area (Å²) < 4.78 is 12.5. The fourth-order valence-corrected chi connectivity index (χ4v) is 5.16. The van der Waals surface area contributed by atoms with E-state index < -0.39 is 42.3 Å². The topological polar surface area (TPSA) is 113 Å². The summed E-state index contributed by atoms with van der Waals surface area (Å²) in [5.74, 6) is -2.52. The van der Waals surface area contributed by atoms with Gasteiger partial charge in [0, 0.05) is 0 Å². The fourth-order valence-electron chi connectivity index (χ4n) is 5.16. The molecule has 0 amide bonds. The normalized spacial score (nSPS) is 21.6. The van der Waals surface area contributed by atoms with Crippen LogP contribution in [0.5, 0.6) is 0 Å². The van der Waals surface area contributed by atoms with Gasteiger partial charge >= 0.3 is 11.9 Å². The van der Waals surface area contributed by atoms with Crippen molar-refractivity contribution in [3.05, 3.63) is 119 Å². The predicted octanol–water partition coefficient (Wildman–Crippen LogP) is 5.09. The summed E-state index contributed by atoms with van der Waals surface area (Å²) in [6.07, 6.45) is 0.0920. The molecule has 3 N–H and O–H groups in total. The molecule has 38 heavy (non-hydrogen) atoms. The number of rotatable bonds is 12. The van der Waals surface area contributed by atoms with E-state index in [0.717, 1.165) is 5.56 Å². The van der Waals surface area contributed by atoms with Crippen LogP contribution in [-0.2, 0) is 22.5 Å². The maximum Gasteiger partial charge on any atom is 0.335 e. The van der Waals surface area contributed by atoms with Crippen molar-refractivity contribution < 1.29 is 34.4 Å². The van der Waals surface area contributed by atoms with Gasteiger partial charge in [-0.1, -0.05) is 72.8 Å². The van der Waals surface area contributed by atoms with E-state index in [4.69, 9.17) is 9.47 Å². The molecule has 0 saturated carbocycles. The summed E-state index contributed by atoms with van der Waals surface area (Å²) in [4.78, 5) is 24.0. The van der Waals surface area contributed by atoms with Crippen LogP contribution in [0.1, 0.15) is 56.2 Å². The van der Waals surface area contributed by atoms with Crippen molar-refractivity contribution in [1.29, 1.82) is 0 Å². The Morgan fingerprint density at radius 1 is 0.895 bits per heavy atom. The van der Waals surface area contributed by atoms with E-state index in [1.54, 1.807) is 54.6 Å². The summed E-state index contributed by atoms with van der Waals surface area (Å²) in [7, 11) is 0. The molecule has 0 spiro atoms.